The third-order valence-corrected chi connectivity index (χ3v) is 2.94. The van der Waals surface area contributed by atoms with E-state index in [1.165, 1.54) is 25.1 Å². The molecule has 1 aromatic rings. The Morgan fingerprint density at radius 3 is 2.68 bits per heavy atom. The zero-order valence-corrected chi connectivity index (χ0v) is 11.0. The van der Waals surface area contributed by atoms with Gasteiger partial charge < -0.3 is 15.5 Å². The standard InChI is InChI=1S/C13H13ClN2O3/c1-4-8-9(5-6-10(15-3)11(8)14)16-12(7(2)17)13(18)19/h4-7,12,16-17H,1H2,2H3,(H,18,19)/t7?,12-/m1/s1. The van der Waals surface area contributed by atoms with Crippen molar-refractivity contribution in [1.82, 2.24) is 0 Å². The lowest BCUT2D eigenvalue weighted by molar-refractivity contribution is -0.140. The number of nitrogens with one attached hydrogen (secondary N) is 1. The number of hydrogen-bond donors (Lipinski definition) is 3. The van der Waals surface area contributed by atoms with Crippen molar-refractivity contribution in [2.24, 2.45) is 0 Å². The number of halogens is 1. The summed E-state index contributed by atoms with van der Waals surface area (Å²) in [6, 6.07) is 1.84. The highest BCUT2D eigenvalue weighted by molar-refractivity contribution is 6.35. The van der Waals surface area contributed by atoms with E-state index in [4.69, 9.17) is 23.3 Å². The van der Waals surface area contributed by atoms with Crippen LogP contribution in [0.5, 0.6) is 0 Å². The van der Waals surface area contributed by atoms with Crippen molar-refractivity contribution in [3.8, 4) is 0 Å². The van der Waals surface area contributed by atoms with E-state index in [0.717, 1.165) is 0 Å². The van der Waals surface area contributed by atoms with Crippen LogP contribution in [0.3, 0.4) is 0 Å². The number of anilines is 1. The van der Waals surface area contributed by atoms with E-state index in [-0.39, 0.29) is 10.7 Å². The van der Waals surface area contributed by atoms with Gasteiger partial charge in [-0.05, 0) is 13.0 Å². The number of aliphatic hydroxyl groups excluding tert-OH is 1. The van der Waals surface area contributed by atoms with E-state index in [2.05, 4.69) is 16.7 Å². The minimum Gasteiger partial charge on any atom is -0.480 e. The third-order valence-electron chi connectivity index (χ3n) is 2.54. The van der Waals surface area contributed by atoms with Gasteiger partial charge in [0.25, 0.3) is 0 Å². The predicted octanol–water partition coefficient (Wildman–Crippen LogP) is 2.78. The number of aliphatic hydroxyl groups is 1. The van der Waals surface area contributed by atoms with Crippen LogP contribution in [0.4, 0.5) is 11.4 Å². The predicted molar refractivity (Wildman–Crippen MR) is 74.5 cm³/mol. The van der Waals surface area contributed by atoms with Crippen molar-refractivity contribution in [3.05, 3.63) is 40.7 Å². The van der Waals surface area contributed by atoms with Crippen LogP contribution >= 0.6 is 11.6 Å². The third kappa shape index (κ3) is 3.25. The SMILES string of the molecule is [C-]#[N+]c1ccc(N[C@@H](C(=O)O)C(C)O)c(C=C)c1Cl. The lowest BCUT2D eigenvalue weighted by Gasteiger charge is -2.20. The van der Waals surface area contributed by atoms with Crippen molar-refractivity contribution in [2.75, 3.05) is 5.32 Å². The fourth-order valence-electron chi connectivity index (χ4n) is 1.55. The molecular formula is C13H13ClN2O3. The molecule has 0 aliphatic heterocycles. The molecular weight excluding hydrogens is 268 g/mol. The van der Waals surface area contributed by atoms with Crippen LogP contribution in [0.15, 0.2) is 18.7 Å². The first-order valence-corrected chi connectivity index (χ1v) is 5.80. The minimum atomic E-state index is -1.18. The second-order valence-electron chi connectivity index (χ2n) is 3.88. The van der Waals surface area contributed by atoms with E-state index in [0.29, 0.717) is 11.3 Å². The summed E-state index contributed by atoms with van der Waals surface area (Å²) in [6.07, 6.45) is 0.342. The first-order valence-electron chi connectivity index (χ1n) is 5.42. The molecule has 1 aromatic carbocycles. The Bertz CT molecular complexity index is 550. The normalized spacial score (nSPS) is 13.2. The lowest BCUT2D eigenvalue weighted by atomic mass is 10.1. The lowest BCUT2D eigenvalue weighted by Crippen LogP contribution is -2.39. The monoisotopic (exact) mass is 280 g/mol. The molecule has 0 fully saturated rings. The summed E-state index contributed by atoms with van der Waals surface area (Å²) >= 11 is 6.02. The summed E-state index contributed by atoms with van der Waals surface area (Å²) in [4.78, 5) is 14.3. The van der Waals surface area contributed by atoms with Crippen LogP contribution < -0.4 is 5.32 Å². The van der Waals surface area contributed by atoms with Crippen LogP contribution in [0.2, 0.25) is 5.02 Å². The minimum absolute atomic E-state index is 0.199. The maximum Gasteiger partial charge on any atom is 0.328 e. The van der Waals surface area contributed by atoms with Crippen molar-refractivity contribution < 1.29 is 15.0 Å². The highest BCUT2D eigenvalue weighted by atomic mass is 35.5. The number of nitrogens with zero attached hydrogens (tertiary/aromatic N) is 1. The van der Waals surface area contributed by atoms with E-state index in [9.17, 15) is 9.90 Å². The molecule has 0 bridgehead atoms. The number of carbonyl (C=O) groups is 1. The van der Waals surface area contributed by atoms with Gasteiger partial charge >= 0.3 is 5.97 Å². The number of carboxylic acids is 1. The second-order valence-corrected chi connectivity index (χ2v) is 4.25. The molecule has 6 heteroatoms. The summed E-state index contributed by atoms with van der Waals surface area (Å²) in [5.41, 5.74) is 1.09. The Labute approximate surface area is 116 Å². The number of hydrogen-bond acceptors (Lipinski definition) is 3. The molecule has 0 radical (unpaired) electrons. The van der Waals surface area contributed by atoms with Gasteiger partial charge in [-0.1, -0.05) is 30.3 Å². The Kier molecular flexibility index (Phi) is 4.93. The number of benzene rings is 1. The molecule has 0 saturated heterocycles. The van der Waals surface area contributed by atoms with Crippen LogP contribution in [0.1, 0.15) is 12.5 Å². The quantitative estimate of drug-likeness (QED) is 0.725. The zero-order chi connectivity index (χ0) is 14.6. The summed E-state index contributed by atoms with van der Waals surface area (Å²) < 4.78 is 0. The van der Waals surface area contributed by atoms with E-state index >= 15 is 0 Å². The molecule has 2 atom stereocenters. The molecule has 1 unspecified atom stereocenters. The molecule has 0 heterocycles. The maximum atomic E-state index is 11.0. The van der Waals surface area contributed by atoms with Crippen molar-refractivity contribution in [3.63, 3.8) is 0 Å². The molecule has 0 aliphatic rings. The largest absolute Gasteiger partial charge is 0.480 e. The Morgan fingerprint density at radius 2 is 2.26 bits per heavy atom. The zero-order valence-electron chi connectivity index (χ0n) is 10.2. The summed E-state index contributed by atoms with van der Waals surface area (Å²) in [5.74, 6) is -1.18. The molecule has 0 aliphatic carbocycles. The maximum absolute atomic E-state index is 11.0. The Hall–Kier alpha value is -2.03. The van der Waals surface area contributed by atoms with Gasteiger partial charge in [0.1, 0.15) is 0 Å². The van der Waals surface area contributed by atoms with Gasteiger partial charge in [0, 0.05) is 11.3 Å². The van der Waals surface area contributed by atoms with Gasteiger partial charge in [-0.2, -0.15) is 0 Å². The first kappa shape index (κ1) is 15.0. The van der Waals surface area contributed by atoms with Crippen molar-refractivity contribution >= 4 is 35.0 Å². The summed E-state index contributed by atoms with van der Waals surface area (Å²) in [7, 11) is 0. The number of rotatable bonds is 5. The van der Waals surface area contributed by atoms with Gasteiger partial charge in [-0.15, -0.1) is 0 Å². The summed E-state index contributed by atoms with van der Waals surface area (Å²) in [6.45, 7) is 11.9. The second kappa shape index (κ2) is 6.23. The van der Waals surface area contributed by atoms with Crippen LogP contribution in [0, 0.1) is 6.57 Å². The molecule has 5 nitrogen and oxygen atoms in total. The van der Waals surface area contributed by atoms with Crippen molar-refractivity contribution in [2.45, 2.75) is 19.1 Å². The Morgan fingerprint density at radius 1 is 1.63 bits per heavy atom. The van der Waals surface area contributed by atoms with Crippen molar-refractivity contribution in [1.29, 1.82) is 0 Å². The summed E-state index contributed by atoms with van der Waals surface area (Å²) in [5, 5.41) is 21.3. The van der Waals surface area contributed by atoms with Crippen LogP contribution in [-0.4, -0.2) is 28.3 Å². The van der Waals surface area contributed by atoms with Gasteiger partial charge in [0.2, 0.25) is 5.69 Å². The molecule has 1 rings (SSSR count). The highest BCUT2D eigenvalue weighted by Crippen LogP contribution is 2.35. The first-order chi connectivity index (χ1) is 8.92. The number of aliphatic carboxylic acids is 1. The van der Waals surface area contributed by atoms with E-state index in [1.54, 1.807) is 0 Å². The molecule has 3 N–H and O–H groups in total. The topological polar surface area (TPSA) is 73.9 Å². The van der Waals surface area contributed by atoms with Gasteiger partial charge in [0.05, 0.1) is 17.7 Å². The average Bonchev–Trinajstić information content (AvgIpc) is 2.35. The molecule has 0 amide bonds. The smallest absolute Gasteiger partial charge is 0.328 e. The molecule has 100 valence electrons. The number of carboxylic acid groups (broad SMARTS) is 1. The highest BCUT2D eigenvalue weighted by Gasteiger charge is 2.24. The van der Waals surface area contributed by atoms with E-state index in [1.807, 2.05) is 0 Å². The van der Waals surface area contributed by atoms with Crippen LogP contribution in [0.25, 0.3) is 10.9 Å². The van der Waals surface area contributed by atoms with Gasteiger partial charge in [-0.25, -0.2) is 9.64 Å². The fraction of sp³-hybridized carbons (Fsp3) is 0.231. The molecule has 0 saturated carbocycles. The Balaban J connectivity index is 3.22. The van der Waals surface area contributed by atoms with Gasteiger partial charge in [0.15, 0.2) is 6.04 Å². The van der Waals surface area contributed by atoms with E-state index < -0.39 is 18.1 Å². The average molecular weight is 281 g/mol. The molecule has 19 heavy (non-hydrogen) atoms. The van der Waals surface area contributed by atoms with Gasteiger partial charge in [-0.3, -0.25) is 0 Å². The molecule has 0 aromatic heterocycles. The molecule has 0 spiro atoms. The van der Waals surface area contributed by atoms with Crippen LogP contribution in [-0.2, 0) is 4.79 Å². The fourth-order valence-corrected chi connectivity index (χ4v) is 1.83.